The number of hydrogen-bond acceptors (Lipinski definition) is 20. The van der Waals surface area contributed by atoms with Crippen LogP contribution in [-0.2, 0) is 20.1 Å². The molecule has 0 fully saturated rings. The van der Waals surface area contributed by atoms with Gasteiger partial charge in [0.15, 0.2) is 5.16 Å². The highest BCUT2D eigenvalue weighted by Gasteiger charge is 2.23. The molecule has 636 valence electrons. The number of aryl methyl sites for hydroxylation is 2. The number of pyridine rings is 4. The zero-order chi connectivity index (χ0) is 87.4. The number of anilines is 5. The van der Waals surface area contributed by atoms with Crippen LogP contribution in [-0.4, -0.2) is 171 Å². The molecular formula is C86H89N31O7S. The van der Waals surface area contributed by atoms with Gasteiger partial charge in [-0.1, -0.05) is 23.9 Å². The van der Waals surface area contributed by atoms with Gasteiger partial charge in [0.1, 0.15) is 22.1 Å². The third-order valence-electron chi connectivity index (χ3n) is 19.8. The van der Waals surface area contributed by atoms with Gasteiger partial charge >= 0.3 is 24.1 Å². The smallest absolute Gasteiger partial charge is 0.321 e. The van der Waals surface area contributed by atoms with E-state index in [1.165, 1.54) is 22.4 Å². The maximum absolute atomic E-state index is 13.0. The zero-order valence-electron chi connectivity index (χ0n) is 69.5. The predicted molar refractivity (Wildman–Crippen MR) is 482 cm³/mol. The lowest BCUT2D eigenvalue weighted by atomic mass is 10.0. The Morgan fingerprint density at radius 3 is 1.44 bits per heavy atom. The minimum absolute atomic E-state index is 0.0635. The number of aromatic nitrogens is 22. The lowest BCUT2D eigenvalue weighted by Crippen LogP contribution is -2.28. The number of nitrogens with one attached hydrogen (secondary N) is 13. The van der Waals surface area contributed by atoms with Gasteiger partial charge in [0, 0.05) is 161 Å². The Morgan fingerprint density at radius 1 is 0.480 bits per heavy atom. The van der Waals surface area contributed by atoms with E-state index >= 15 is 0 Å². The molecule has 13 aromatic heterocycles. The van der Waals surface area contributed by atoms with Crippen molar-refractivity contribution in [2.45, 2.75) is 79.2 Å². The van der Waals surface area contributed by atoms with E-state index in [4.69, 9.17) is 4.98 Å². The first-order valence-corrected chi connectivity index (χ1v) is 41.4. The van der Waals surface area contributed by atoms with Gasteiger partial charge in [-0.05, 0) is 186 Å². The molecule has 0 atom stereocenters. The monoisotopic (exact) mass is 1700 g/mol. The van der Waals surface area contributed by atoms with Crippen molar-refractivity contribution in [3.8, 4) is 73.0 Å². The van der Waals surface area contributed by atoms with Gasteiger partial charge in [0.05, 0.1) is 62.8 Å². The second-order valence-corrected chi connectivity index (χ2v) is 29.6. The molecule has 1 aliphatic rings. The highest BCUT2D eigenvalue weighted by molar-refractivity contribution is 7.98. The van der Waals surface area contributed by atoms with Crippen LogP contribution in [0.4, 0.5) is 48.9 Å². The van der Waals surface area contributed by atoms with Crippen LogP contribution in [0.15, 0.2) is 215 Å². The normalized spacial score (nSPS) is 11.5. The van der Waals surface area contributed by atoms with Crippen LogP contribution < -0.4 is 64.5 Å². The number of carbonyl (C=O) groups excluding carboxylic acids is 4. The molecule has 0 saturated carbocycles. The summed E-state index contributed by atoms with van der Waals surface area (Å²) in [4.78, 5) is 134. The van der Waals surface area contributed by atoms with E-state index in [-0.39, 0.29) is 46.8 Å². The quantitative estimate of drug-likeness (QED) is 0.0249. The minimum Gasteiger partial charge on any atom is -0.356 e. The summed E-state index contributed by atoms with van der Waals surface area (Å²) >= 11 is 1.40. The fourth-order valence-electron chi connectivity index (χ4n) is 14.0. The van der Waals surface area contributed by atoms with Gasteiger partial charge < -0.3 is 60.2 Å². The summed E-state index contributed by atoms with van der Waals surface area (Å²) in [6.07, 6.45) is 22.6. The van der Waals surface area contributed by atoms with Gasteiger partial charge in [-0.15, -0.1) is 0 Å². The Kier molecular flexibility index (Phi) is 25.3. The van der Waals surface area contributed by atoms with Crippen LogP contribution in [0.25, 0.3) is 117 Å². The maximum atomic E-state index is 13.0. The van der Waals surface area contributed by atoms with E-state index in [1.807, 2.05) is 170 Å². The third-order valence-corrected chi connectivity index (χ3v) is 20.6. The van der Waals surface area contributed by atoms with E-state index in [9.17, 15) is 33.6 Å². The first kappa shape index (κ1) is 83.9. The molecule has 0 unspecified atom stereocenters. The molecular weight excluding hydrogens is 1610 g/mol. The van der Waals surface area contributed by atoms with Crippen molar-refractivity contribution in [3.05, 3.63) is 238 Å². The fraction of sp³-hybridized carbons (Fsp3) is 0.209. The Bertz CT molecular complexity index is 6920. The maximum Gasteiger partial charge on any atom is 0.321 e. The summed E-state index contributed by atoms with van der Waals surface area (Å²) in [5.41, 5.74) is 17.3. The second kappa shape index (κ2) is 37.7. The van der Waals surface area contributed by atoms with Gasteiger partial charge in [-0.25, -0.2) is 63.1 Å². The van der Waals surface area contributed by atoms with Gasteiger partial charge in [-0.3, -0.25) is 50.2 Å². The van der Waals surface area contributed by atoms with E-state index in [2.05, 4.69) is 135 Å². The number of rotatable bonds is 20. The highest BCUT2D eigenvalue weighted by Crippen LogP contribution is 2.37. The van der Waals surface area contributed by atoms with Crippen molar-refractivity contribution < 1.29 is 19.2 Å². The van der Waals surface area contributed by atoms with Crippen LogP contribution in [0.1, 0.15) is 65.4 Å². The number of H-pyrrole nitrogens is 4. The summed E-state index contributed by atoms with van der Waals surface area (Å²) in [6.45, 7) is 17.5. The number of benzene rings is 4. The summed E-state index contributed by atoms with van der Waals surface area (Å²) in [7, 11) is 1.69. The molecule has 39 heteroatoms. The summed E-state index contributed by atoms with van der Waals surface area (Å²) in [5, 5.41) is 38.5. The number of fused-ring (bicyclic) bond motifs is 5. The largest absolute Gasteiger partial charge is 0.356 e. The Morgan fingerprint density at radius 2 is 0.976 bits per heavy atom. The Labute approximate surface area is 716 Å². The van der Waals surface area contributed by atoms with Crippen LogP contribution in [0.2, 0.25) is 0 Å². The van der Waals surface area contributed by atoms with E-state index in [0.29, 0.717) is 101 Å². The average molecular weight is 1700 g/mol. The molecule has 18 rings (SSSR count). The number of carbonyl (C=O) groups is 4. The highest BCUT2D eigenvalue weighted by atomic mass is 32.2. The van der Waals surface area contributed by atoms with Gasteiger partial charge in [-0.2, -0.15) is 15.3 Å². The Balaban J connectivity index is 0.000000129. The van der Waals surface area contributed by atoms with Crippen LogP contribution in [0.3, 0.4) is 0 Å². The van der Waals surface area contributed by atoms with Crippen molar-refractivity contribution in [2.75, 3.05) is 65.6 Å². The number of nitrogens with zero attached hydrogens (tertiary/aromatic N) is 18. The van der Waals surface area contributed by atoms with Crippen LogP contribution >= 0.6 is 11.8 Å². The third kappa shape index (κ3) is 19.2. The van der Waals surface area contributed by atoms with E-state index < -0.39 is 0 Å². The topological polar surface area (TPSA) is 467 Å². The first-order chi connectivity index (χ1) is 60.7. The molecule has 0 radical (unpaired) electrons. The molecule has 0 spiro atoms. The molecule has 14 heterocycles. The summed E-state index contributed by atoms with van der Waals surface area (Å²) in [5.74, 6) is 2.22. The number of urea groups is 4. The second-order valence-electron chi connectivity index (χ2n) is 28.8. The molecule has 13 N–H and O–H groups in total. The first-order valence-electron chi connectivity index (χ1n) is 40.2. The number of amides is 8. The molecule has 38 nitrogen and oxygen atoms in total. The van der Waals surface area contributed by atoms with E-state index in [0.717, 1.165) is 115 Å². The number of hydrogen-bond donors (Lipinski definition) is 13. The van der Waals surface area contributed by atoms with Gasteiger partial charge in [0.2, 0.25) is 29.7 Å². The summed E-state index contributed by atoms with van der Waals surface area (Å²) < 4.78 is 12.1. The van der Waals surface area contributed by atoms with Crippen LogP contribution in [0.5, 0.6) is 0 Å². The standard InChI is InChI=1S/C25H24N8O2.C21H22N8O.C21H23N7O2.C19H20N8O2S/c1-3-26-25(35)31-24-29-20-12-18(13-21(23(20)30-24)33-10-6-9-28-33)17-11-16(2)32(22(34)14-17)15-19-7-4-5-8-27-19;1-2-23-21(30)28-19-25-16-10-14(13-5-3-6-22-11-13)9-15(18(16)27-19)17-12-29-8-4-7-24-20(29)26-17;1-4-22-21(30)26-20-24-16-10-15(14-6-9-27(13(2)3)18(29)12-14)11-17(19(16)25-20)28-8-5-7-23-28;1-4-20-18(29)25-17-22-13-8-11(12-10-15(28)26(2)19(23-12)30-3)9-14(16(13)24-17)27-7-5-6-21-27/h4-14H,3,15H2,1-2H3,(H3,26,29,30,31,35);3,5-6,9-12H,2,4,7-8H2,1H3,(H,24,26)(H3,23,25,27,28,30);5-13H,4H2,1-3H3,(H3,22,24,25,26,30);5-10H,4H2,1-3H3,(H3,20,22,24,25,29). The molecule has 0 bridgehead atoms. The molecule has 0 saturated heterocycles. The minimum atomic E-state index is -0.352. The van der Waals surface area contributed by atoms with Crippen molar-refractivity contribution in [1.29, 1.82) is 0 Å². The average Bonchev–Trinajstić information content (AvgIpc) is 1.66. The molecule has 0 aliphatic carbocycles. The molecule has 8 amide bonds. The number of thioether (sulfide) groups is 1. The molecule has 125 heavy (non-hydrogen) atoms. The number of aromatic amines is 4. The van der Waals surface area contributed by atoms with Crippen molar-refractivity contribution in [3.63, 3.8) is 0 Å². The summed E-state index contributed by atoms with van der Waals surface area (Å²) in [6, 6.07) is 37.9. The van der Waals surface area contributed by atoms with E-state index in [1.54, 1.807) is 91.8 Å². The zero-order valence-corrected chi connectivity index (χ0v) is 70.3. The SMILES string of the molecule is CCNC(=O)Nc1nc2c(-c3cn4c(n3)NCCC4)cc(-c3cccnc3)cc2[nH]1.CCNC(=O)Nc1nc2c(-n3cccn3)cc(-c3cc(=O)n(C)c(SC)n3)cc2[nH]1.CCNC(=O)Nc1nc2c(-n3cccn3)cc(-c3cc(C)n(Cc4ccccn4)c(=O)c3)cc2[nH]1.CCNC(=O)Nc1nc2c(-n3cccn3)cc(-c3ccn(C(C)C)c(=O)c3)cc2[nH]1. The fourth-order valence-corrected chi connectivity index (χ4v) is 14.6. The van der Waals surface area contributed by atoms with Gasteiger partial charge in [0.25, 0.3) is 16.7 Å². The predicted octanol–water partition coefficient (Wildman–Crippen LogP) is 12.6. The number of imidazole rings is 5. The molecule has 4 aromatic carbocycles. The van der Waals surface area contributed by atoms with Crippen molar-refractivity contribution in [1.82, 2.24) is 129 Å². The van der Waals surface area contributed by atoms with Crippen molar-refractivity contribution in [2.24, 2.45) is 7.05 Å². The molecule has 17 aromatic rings. The molecule has 1 aliphatic heterocycles. The lowest BCUT2D eigenvalue weighted by Gasteiger charge is -2.14. The lowest BCUT2D eigenvalue weighted by molar-refractivity contribution is 0.251. The van der Waals surface area contributed by atoms with Crippen LogP contribution in [0, 0.1) is 6.92 Å². The Hall–Kier alpha value is -16.1. The van der Waals surface area contributed by atoms with Crippen molar-refractivity contribution >= 4 is 110 Å².